The molecule has 0 bridgehead atoms. The summed E-state index contributed by atoms with van der Waals surface area (Å²) in [7, 11) is 0. The summed E-state index contributed by atoms with van der Waals surface area (Å²) in [6.07, 6.45) is 3.74. The Morgan fingerprint density at radius 3 is 2.95 bits per heavy atom. The van der Waals surface area contributed by atoms with Gasteiger partial charge in [-0.1, -0.05) is 18.2 Å². The van der Waals surface area contributed by atoms with Gasteiger partial charge in [-0.2, -0.15) is 0 Å². The lowest BCUT2D eigenvalue weighted by molar-refractivity contribution is -0.117. The van der Waals surface area contributed by atoms with Gasteiger partial charge in [0.25, 0.3) is 0 Å². The fourth-order valence-electron chi connectivity index (χ4n) is 2.43. The molecule has 1 aromatic heterocycles. The summed E-state index contributed by atoms with van der Waals surface area (Å²) >= 11 is 0. The van der Waals surface area contributed by atoms with Crippen LogP contribution in [-0.2, 0) is 4.79 Å². The average Bonchev–Trinajstić information content (AvgIpc) is 3.03. The third-order valence-corrected chi connectivity index (χ3v) is 3.47. The molecule has 1 fully saturated rings. The van der Waals surface area contributed by atoms with Crippen molar-refractivity contribution in [2.24, 2.45) is 0 Å². The van der Waals surface area contributed by atoms with Gasteiger partial charge >= 0.3 is 0 Å². The van der Waals surface area contributed by atoms with Crippen LogP contribution in [0, 0.1) is 0 Å². The minimum atomic E-state index is -0.0616. The highest BCUT2D eigenvalue weighted by molar-refractivity contribution is 5.95. The molecule has 1 saturated heterocycles. The van der Waals surface area contributed by atoms with Gasteiger partial charge in [0.1, 0.15) is 0 Å². The second kappa shape index (κ2) is 5.84. The Balaban J connectivity index is 1.76. The molecule has 0 spiro atoms. The molecule has 1 unspecified atom stereocenters. The Morgan fingerprint density at radius 1 is 1.25 bits per heavy atom. The molecule has 4 nitrogen and oxygen atoms in total. The second-order valence-electron chi connectivity index (χ2n) is 4.93. The third-order valence-electron chi connectivity index (χ3n) is 3.47. The zero-order chi connectivity index (χ0) is 13.8. The minimum absolute atomic E-state index is 0.0423. The topological polar surface area (TPSA) is 54.0 Å². The number of hydrogen-bond donors (Lipinski definition) is 2. The quantitative estimate of drug-likeness (QED) is 0.898. The molecule has 2 N–H and O–H groups in total. The van der Waals surface area contributed by atoms with Crippen LogP contribution in [0.2, 0.25) is 0 Å². The number of pyridine rings is 1. The van der Waals surface area contributed by atoms with Crippen molar-refractivity contribution >= 4 is 11.6 Å². The highest BCUT2D eigenvalue weighted by Crippen LogP contribution is 2.20. The summed E-state index contributed by atoms with van der Waals surface area (Å²) in [5.74, 6) is 0.0423. The van der Waals surface area contributed by atoms with E-state index in [1.54, 1.807) is 6.20 Å². The van der Waals surface area contributed by atoms with Gasteiger partial charge in [-0.25, -0.2) is 0 Å². The van der Waals surface area contributed by atoms with Gasteiger partial charge < -0.3 is 10.6 Å². The van der Waals surface area contributed by atoms with E-state index in [1.807, 2.05) is 42.5 Å². The monoisotopic (exact) mass is 267 g/mol. The molecule has 2 aromatic rings. The summed E-state index contributed by atoms with van der Waals surface area (Å²) in [5.41, 5.74) is 2.72. The molecule has 1 aromatic carbocycles. The van der Waals surface area contributed by atoms with E-state index < -0.39 is 0 Å². The molecule has 1 aliphatic rings. The predicted molar refractivity (Wildman–Crippen MR) is 79.3 cm³/mol. The fraction of sp³-hybridized carbons (Fsp3) is 0.250. The number of benzene rings is 1. The van der Waals surface area contributed by atoms with Crippen molar-refractivity contribution in [1.82, 2.24) is 10.3 Å². The highest BCUT2D eigenvalue weighted by Gasteiger charge is 2.21. The lowest BCUT2D eigenvalue weighted by Crippen LogP contribution is -2.35. The number of anilines is 1. The van der Waals surface area contributed by atoms with Crippen LogP contribution in [-0.4, -0.2) is 23.5 Å². The van der Waals surface area contributed by atoms with Crippen LogP contribution in [0.15, 0.2) is 48.7 Å². The van der Waals surface area contributed by atoms with E-state index in [9.17, 15) is 4.79 Å². The van der Waals surface area contributed by atoms with E-state index in [0.717, 1.165) is 36.3 Å². The molecule has 3 rings (SSSR count). The molecule has 2 heterocycles. The first-order valence-electron chi connectivity index (χ1n) is 6.89. The minimum Gasteiger partial charge on any atom is -0.325 e. The first kappa shape index (κ1) is 12.8. The van der Waals surface area contributed by atoms with Gasteiger partial charge in [-0.15, -0.1) is 0 Å². The van der Waals surface area contributed by atoms with Crippen molar-refractivity contribution in [3.8, 4) is 11.3 Å². The standard InChI is InChI=1S/C16H17N3O/c20-16(15-8-4-10-18-15)19-13-6-3-5-12(11-13)14-7-1-2-9-17-14/h1-3,5-7,9,11,15,18H,4,8,10H2,(H,19,20). The van der Waals surface area contributed by atoms with E-state index >= 15 is 0 Å². The maximum atomic E-state index is 12.1. The van der Waals surface area contributed by atoms with E-state index in [-0.39, 0.29) is 11.9 Å². The summed E-state index contributed by atoms with van der Waals surface area (Å²) in [6, 6.07) is 13.5. The van der Waals surface area contributed by atoms with Crippen molar-refractivity contribution in [2.45, 2.75) is 18.9 Å². The van der Waals surface area contributed by atoms with Crippen LogP contribution >= 0.6 is 0 Å². The molecular weight excluding hydrogens is 250 g/mol. The van der Waals surface area contributed by atoms with Crippen LogP contribution in [0.4, 0.5) is 5.69 Å². The van der Waals surface area contributed by atoms with Crippen molar-refractivity contribution in [2.75, 3.05) is 11.9 Å². The van der Waals surface area contributed by atoms with Crippen molar-refractivity contribution in [3.63, 3.8) is 0 Å². The zero-order valence-electron chi connectivity index (χ0n) is 11.2. The van der Waals surface area contributed by atoms with Crippen molar-refractivity contribution in [3.05, 3.63) is 48.7 Å². The first-order valence-corrected chi connectivity index (χ1v) is 6.89. The van der Waals surface area contributed by atoms with Crippen LogP contribution < -0.4 is 10.6 Å². The van der Waals surface area contributed by atoms with Gasteiger partial charge in [-0.05, 0) is 43.7 Å². The maximum Gasteiger partial charge on any atom is 0.241 e. The molecule has 0 saturated carbocycles. The number of carbonyl (C=O) groups is 1. The maximum absolute atomic E-state index is 12.1. The molecule has 102 valence electrons. The number of nitrogens with zero attached hydrogens (tertiary/aromatic N) is 1. The number of nitrogens with one attached hydrogen (secondary N) is 2. The largest absolute Gasteiger partial charge is 0.325 e. The van der Waals surface area contributed by atoms with Crippen LogP contribution in [0.1, 0.15) is 12.8 Å². The normalized spacial score (nSPS) is 17.9. The third kappa shape index (κ3) is 2.86. The zero-order valence-corrected chi connectivity index (χ0v) is 11.2. The van der Waals surface area contributed by atoms with Gasteiger partial charge in [0.15, 0.2) is 0 Å². The number of rotatable bonds is 3. The summed E-state index contributed by atoms with van der Waals surface area (Å²) in [5, 5.41) is 6.16. The van der Waals surface area contributed by atoms with Crippen molar-refractivity contribution < 1.29 is 4.79 Å². The molecule has 1 aliphatic heterocycles. The Bertz CT molecular complexity index is 592. The van der Waals surface area contributed by atoms with Gasteiger partial charge in [-0.3, -0.25) is 9.78 Å². The van der Waals surface area contributed by atoms with E-state index in [2.05, 4.69) is 15.6 Å². The predicted octanol–water partition coefficient (Wildman–Crippen LogP) is 2.44. The fourth-order valence-corrected chi connectivity index (χ4v) is 2.43. The van der Waals surface area contributed by atoms with Gasteiger partial charge in [0.05, 0.1) is 11.7 Å². The van der Waals surface area contributed by atoms with Crippen LogP contribution in [0.3, 0.4) is 0 Å². The molecule has 4 heteroatoms. The SMILES string of the molecule is O=C(Nc1cccc(-c2ccccn2)c1)C1CCCN1. The van der Waals surface area contributed by atoms with Crippen LogP contribution in [0.25, 0.3) is 11.3 Å². The lowest BCUT2D eigenvalue weighted by atomic mass is 10.1. The summed E-state index contributed by atoms with van der Waals surface area (Å²) in [4.78, 5) is 16.4. The van der Waals surface area contributed by atoms with E-state index in [0.29, 0.717) is 0 Å². The molecule has 0 radical (unpaired) electrons. The molecule has 20 heavy (non-hydrogen) atoms. The lowest BCUT2D eigenvalue weighted by Gasteiger charge is -2.11. The van der Waals surface area contributed by atoms with Gasteiger partial charge in [0, 0.05) is 17.4 Å². The highest BCUT2D eigenvalue weighted by atomic mass is 16.2. The van der Waals surface area contributed by atoms with E-state index in [4.69, 9.17) is 0 Å². The molecule has 1 amide bonds. The Hall–Kier alpha value is -2.20. The van der Waals surface area contributed by atoms with Gasteiger partial charge in [0.2, 0.25) is 5.91 Å². The second-order valence-corrected chi connectivity index (χ2v) is 4.93. The smallest absolute Gasteiger partial charge is 0.241 e. The Labute approximate surface area is 118 Å². The number of hydrogen-bond acceptors (Lipinski definition) is 3. The number of carbonyl (C=O) groups excluding carboxylic acids is 1. The molecular formula is C16H17N3O. The molecule has 1 atom stereocenters. The Kier molecular flexibility index (Phi) is 3.74. The number of aromatic nitrogens is 1. The molecule has 0 aliphatic carbocycles. The Morgan fingerprint density at radius 2 is 2.20 bits per heavy atom. The van der Waals surface area contributed by atoms with E-state index in [1.165, 1.54) is 0 Å². The number of amides is 1. The van der Waals surface area contributed by atoms with Crippen molar-refractivity contribution in [1.29, 1.82) is 0 Å². The summed E-state index contributed by atoms with van der Waals surface area (Å²) in [6.45, 7) is 0.923. The summed E-state index contributed by atoms with van der Waals surface area (Å²) < 4.78 is 0. The first-order chi connectivity index (χ1) is 9.83. The average molecular weight is 267 g/mol. The van der Waals surface area contributed by atoms with Crippen LogP contribution in [0.5, 0.6) is 0 Å².